The van der Waals surface area contributed by atoms with Crippen LogP contribution in [0.4, 0.5) is 0 Å². The first-order valence-corrected chi connectivity index (χ1v) is 9.50. The van der Waals surface area contributed by atoms with E-state index in [0.717, 1.165) is 16.1 Å². The van der Waals surface area contributed by atoms with E-state index in [2.05, 4.69) is 5.43 Å². The Balaban J connectivity index is 2.48. The van der Waals surface area contributed by atoms with Gasteiger partial charge in [-0.15, -0.1) is 0 Å². The van der Waals surface area contributed by atoms with Crippen molar-refractivity contribution in [1.29, 1.82) is 0 Å². The van der Waals surface area contributed by atoms with Crippen LogP contribution in [0.5, 0.6) is 5.75 Å². The Labute approximate surface area is 171 Å². The van der Waals surface area contributed by atoms with Gasteiger partial charge < -0.3 is 9.53 Å². The number of rotatable bonds is 6. The Morgan fingerprint density at radius 2 is 1.76 bits per heavy atom. The van der Waals surface area contributed by atoms with E-state index >= 15 is 0 Å². The number of hydrogen-bond donors (Lipinski definition) is 1. The summed E-state index contributed by atoms with van der Waals surface area (Å²) in [5.74, 6) is -0.348. The van der Waals surface area contributed by atoms with Crippen LogP contribution in [0.1, 0.15) is 58.2 Å². The van der Waals surface area contributed by atoms with Crippen molar-refractivity contribution < 1.29 is 19.1 Å². The molecule has 0 radical (unpaired) electrons. The molecule has 0 saturated heterocycles. The van der Waals surface area contributed by atoms with Crippen molar-refractivity contribution in [3.63, 3.8) is 0 Å². The lowest BCUT2D eigenvalue weighted by atomic mass is 10.00. The Bertz CT molecular complexity index is 914. The average molecular weight is 396 g/mol. The van der Waals surface area contributed by atoms with Gasteiger partial charge in [0.2, 0.25) is 0 Å². The number of hydrogen-bond acceptors (Lipinski definition) is 4. The van der Waals surface area contributed by atoms with E-state index in [1.807, 2.05) is 26.8 Å². The smallest absolute Gasteiger partial charge is 0.273 e. The first kappa shape index (κ1) is 22.1. The zero-order valence-corrected chi connectivity index (χ0v) is 17.8. The minimum Gasteiger partial charge on any atom is -0.496 e. The Morgan fingerprint density at radius 3 is 2.28 bits per heavy atom. The van der Waals surface area contributed by atoms with Gasteiger partial charge in [-0.2, -0.15) is 0 Å². The molecule has 0 aromatic heterocycles. The number of amides is 2. The number of ether oxygens (including phenoxy) is 1. The van der Waals surface area contributed by atoms with Crippen molar-refractivity contribution in [3.05, 3.63) is 64.2 Å². The van der Waals surface area contributed by atoms with Crippen molar-refractivity contribution in [2.75, 3.05) is 7.11 Å². The van der Waals surface area contributed by atoms with Crippen LogP contribution in [0.3, 0.4) is 0 Å². The quantitative estimate of drug-likeness (QED) is 0.597. The Hall–Kier alpha value is -3.15. The summed E-state index contributed by atoms with van der Waals surface area (Å²) in [7, 11) is 1.54. The molecule has 154 valence electrons. The summed E-state index contributed by atoms with van der Waals surface area (Å²) < 4.78 is 5.37. The molecule has 2 aromatic rings. The van der Waals surface area contributed by atoms with Crippen molar-refractivity contribution in [2.45, 2.75) is 46.6 Å². The van der Waals surface area contributed by atoms with Crippen LogP contribution in [0.15, 0.2) is 36.4 Å². The third-order valence-corrected chi connectivity index (χ3v) is 4.70. The lowest BCUT2D eigenvalue weighted by molar-refractivity contribution is -0.116. The second kappa shape index (κ2) is 8.90. The van der Waals surface area contributed by atoms with Gasteiger partial charge in [0, 0.05) is 16.7 Å². The molecule has 6 heteroatoms. The second-order valence-electron chi connectivity index (χ2n) is 7.57. The number of methoxy groups -OCH3 is 1. The molecule has 6 nitrogen and oxygen atoms in total. The largest absolute Gasteiger partial charge is 0.496 e. The summed E-state index contributed by atoms with van der Waals surface area (Å²) in [5.41, 5.74) is 4.77. The van der Waals surface area contributed by atoms with Crippen LogP contribution >= 0.6 is 0 Å². The first-order valence-electron chi connectivity index (χ1n) is 9.50. The molecule has 2 aromatic carbocycles. The van der Waals surface area contributed by atoms with E-state index < -0.39 is 17.4 Å². The zero-order chi connectivity index (χ0) is 21.8. The minimum atomic E-state index is -1.25. The van der Waals surface area contributed by atoms with Crippen molar-refractivity contribution in [2.24, 2.45) is 0 Å². The van der Waals surface area contributed by atoms with Crippen molar-refractivity contribution >= 4 is 18.1 Å². The van der Waals surface area contributed by atoms with E-state index in [-0.39, 0.29) is 0 Å². The second-order valence-corrected chi connectivity index (χ2v) is 7.57. The van der Waals surface area contributed by atoms with Gasteiger partial charge >= 0.3 is 0 Å². The van der Waals surface area contributed by atoms with Gasteiger partial charge in [-0.3, -0.25) is 15.0 Å². The summed E-state index contributed by atoms with van der Waals surface area (Å²) in [6.45, 7) is 8.85. The van der Waals surface area contributed by atoms with E-state index in [4.69, 9.17) is 4.74 Å². The number of hydrazine groups is 1. The van der Waals surface area contributed by atoms with Gasteiger partial charge in [0.15, 0.2) is 0 Å². The average Bonchev–Trinajstić information content (AvgIpc) is 2.69. The minimum absolute atomic E-state index is 0.377. The standard InChI is InChI=1S/C23H28N2O4/c1-7-18-19(9-8-10-20(18)29-6)22(28)25(23(4,5)14-26)24-21(27)17-12-15(2)11-16(3)13-17/h8-14H,7H2,1-6H3,(H,24,27). The number of carbonyl (C=O) groups excluding carboxylic acids is 3. The van der Waals surface area contributed by atoms with Crippen LogP contribution in [-0.2, 0) is 11.2 Å². The molecule has 1 N–H and O–H groups in total. The van der Waals surface area contributed by atoms with E-state index in [9.17, 15) is 14.4 Å². The summed E-state index contributed by atoms with van der Waals surface area (Å²) in [6, 6.07) is 10.6. The van der Waals surface area contributed by atoms with Gasteiger partial charge in [0.25, 0.3) is 11.8 Å². The number of nitrogens with one attached hydrogen (secondary N) is 1. The predicted octanol–water partition coefficient (Wildman–Crippen LogP) is 3.64. The molecule has 0 atom stereocenters. The molecule has 2 rings (SSSR count). The molecule has 2 amide bonds. The molecule has 0 spiro atoms. The molecule has 0 aliphatic rings. The summed E-state index contributed by atoms with van der Waals surface area (Å²) in [6.07, 6.45) is 1.20. The molecular weight excluding hydrogens is 368 g/mol. The summed E-state index contributed by atoms with van der Waals surface area (Å²) in [4.78, 5) is 38.0. The molecule has 0 heterocycles. The molecule has 0 bridgehead atoms. The number of benzene rings is 2. The highest BCUT2D eigenvalue weighted by atomic mass is 16.5. The highest BCUT2D eigenvalue weighted by Gasteiger charge is 2.34. The van der Waals surface area contributed by atoms with Gasteiger partial charge in [0.1, 0.15) is 17.6 Å². The lowest BCUT2D eigenvalue weighted by Gasteiger charge is -2.34. The fourth-order valence-corrected chi connectivity index (χ4v) is 3.22. The zero-order valence-electron chi connectivity index (χ0n) is 17.8. The first-order chi connectivity index (χ1) is 13.6. The molecule has 0 aliphatic heterocycles. The molecule has 0 unspecified atom stereocenters. The maximum absolute atomic E-state index is 13.4. The van der Waals surface area contributed by atoms with Gasteiger partial charge in [-0.05, 0) is 58.4 Å². The van der Waals surface area contributed by atoms with E-state index in [1.54, 1.807) is 44.2 Å². The van der Waals surface area contributed by atoms with E-state index in [0.29, 0.717) is 35.1 Å². The van der Waals surface area contributed by atoms with E-state index in [1.165, 1.54) is 7.11 Å². The van der Waals surface area contributed by atoms with Crippen LogP contribution in [0, 0.1) is 13.8 Å². The van der Waals surface area contributed by atoms with Crippen LogP contribution in [0.25, 0.3) is 0 Å². The van der Waals surface area contributed by atoms with Crippen molar-refractivity contribution in [3.8, 4) is 5.75 Å². The van der Waals surface area contributed by atoms with Gasteiger partial charge in [-0.25, -0.2) is 5.01 Å². The maximum Gasteiger partial charge on any atom is 0.273 e. The molecule has 0 saturated carbocycles. The fraction of sp³-hybridized carbons (Fsp3) is 0.348. The highest BCUT2D eigenvalue weighted by molar-refractivity contribution is 6.01. The Morgan fingerprint density at radius 1 is 1.14 bits per heavy atom. The number of aryl methyl sites for hydroxylation is 2. The number of aldehydes is 1. The molecule has 0 fully saturated rings. The third kappa shape index (κ3) is 4.83. The summed E-state index contributed by atoms with van der Waals surface area (Å²) >= 11 is 0. The SMILES string of the molecule is CCc1c(OC)cccc1C(=O)N(NC(=O)c1cc(C)cc(C)c1)C(C)(C)C=O. The van der Waals surface area contributed by atoms with Crippen LogP contribution in [-0.4, -0.2) is 35.8 Å². The molecule has 0 aliphatic carbocycles. The third-order valence-electron chi connectivity index (χ3n) is 4.70. The Kier molecular flexibility index (Phi) is 6.80. The highest BCUT2D eigenvalue weighted by Crippen LogP contribution is 2.25. The predicted molar refractivity (Wildman–Crippen MR) is 112 cm³/mol. The normalized spacial score (nSPS) is 11.0. The fourth-order valence-electron chi connectivity index (χ4n) is 3.22. The molecular formula is C23H28N2O4. The topological polar surface area (TPSA) is 75.7 Å². The van der Waals surface area contributed by atoms with Crippen LogP contribution in [0.2, 0.25) is 0 Å². The number of carbonyl (C=O) groups is 3. The van der Waals surface area contributed by atoms with Crippen LogP contribution < -0.4 is 10.2 Å². The number of nitrogens with zero attached hydrogens (tertiary/aromatic N) is 1. The summed E-state index contributed by atoms with van der Waals surface area (Å²) in [5, 5.41) is 1.09. The van der Waals surface area contributed by atoms with Gasteiger partial charge in [-0.1, -0.05) is 30.2 Å². The van der Waals surface area contributed by atoms with Crippen molar-refractivity contribution in [1.82, 2.24) is 10.4 Å². The van der Waals surface area contributed by atoms with Gasteiger partial charge in [0.05, 0.1) is 7.11 Å². The lowest BCUT2D eigenvalue weighted by Crippen LogP contribution is -2.58. The maximum atomic E-state index is 13.4. The molecule has 29 heavy (non-hydrogen) atoms. The monoisotopic (exact) mass is 396 g/mol.